The van der Waals surface area contributed by atoms with Gasteiger partial charge in [0.1, 0.15) is 6.04 Å². The fourth-order valence-corrected chi connectivity index (χ4v) is 4.68. The van der Waals surface area contributed by atoms with E-state index in [0.717, 1.165) is 38.8 Å². The van der Waals surface area contributed by atoms with Crippen molar-refractivity contribution in [1.82, 2.24) is 9.80 Å². The Balaban J connectivity index is 1.43. The first kappa shape index (κ1) is 22.0. The van der Waals surface area contributed by atoms with Crippen molar-refractivity contribution in [1.29, 1.82) is 0 Å². The molecule has 2 atom stereocenters. The third-order valence-electron chi connectivity index (χ3n) is 6.32. The second-order valence-electron chi connectivity index (χ2n) is 8.53. The van der Waals surface area contributed by atoms with Crippen molar-refractivity contribution >= 4 is 23.5 Å². The van der Waals surface area contributed by atoms with E-state index in [0.29, 0.717) is 24.2 Å². The monoisotopic (exact) mass is 435 g/mol. The highest BCUT2D eigenvalue weighted by atomic mass is 16.4. The molecule has 2 aromatic carbocycles. The van der Waals surface area contributed by atoms with Gasteiger partial charge in [-0.05, 0) is 62.4 Å². The first-order chi connectivity index (χ1) is 15.5. The number of aliphatic carboxylic acids is 1. The van der Waals surface area contributed by atoms with Gasteiger partial charge in [0.25, 0.3) is 5.91 Å². The van der Waals surface area contributed by atoms with Crippen LogP contribution in [0, 0.1) is 0 Å². The normalized spacial score (nSPS) is 21.3. The summed E-state index contributed by atoms with van der Waals surface area (Å²) in [6, 6.07) is 15.9. The van der Waals surface area contributed by atoms with Crippen molar-refractivity contribution in [2.45, 2.75) is 50.7 Å². The minimum atomic E-state index is -0.970. The van der Waals surface area contributed by atoms with Crippen LogP contribution in [0.4, 0.5) is 5.69 Å². The number of nitrogens with zero attached hydrogens (tertiary/aromatic N) is 2. The predicted molar refractivity (Wildman–Crippen MR) is 121 cm³/mol. The predicted octanol–water partition coefficient (Wildman–Crippen LogP) is 3.37. The fourth-order valence-electron chi connectivity index (χ4n) is 4.68. The second-order valence-corrected chi connectivity index (χ2v) is 8.53. The Morgan fingerprint density at radius 1 is 0.906 bits per heavy atom. The number of hydrogen-bond donors (Lipinski definition) is 2. The number of amides is 2. The summed E-state index contributed by atoms with van der Waals surface area (Å²) >= 11 is 0. The Bertz CT molecular complexity index is 978. The molecule has 2 heterocycles. The topological polar surface area (TPSA) is 90.0 Å². The summed E-state index contributed by atoms with van der Waals surface area (Å²) in [5.74, 6) is -1.36. The maximum Gasteiger partial charge on any atom is 0.326 e. The molecule has 2 amide bonds. The van der Waals surface area contributed by atoms with Gasteiger partial charge in [-0.15, -0.1) is 0 Å². The van der Waals surface area contributed by atoms with Gasteiger partial charge in [0, 0.05) is 24.3 Å². The van der Waals surface area contributed by atoms with Gasteiger partial charge < -0.3 is 15.3 Å². The van der Waals surface area contributed by atoms with E-state index < -0.39 is 12.0 Å². The lowest BCUT2D eigenvalue weighted by Crippen LogP contribution is -2.48. The van der Waals surface area contributed by atoms with Crippen LogP contribution in [0.15, 0.2) is 54.6 Å². The summed E-state index contributed by atoms with van der Waals surface area (Å²) in [5, 5.41) is 12.4. The Hall–Kier alpha value is -3.19. The lowest BCUT2D eigenvalue weighted by Gasteiger charge is -2.33. The van der Waals surface area contributed by atoms with Crippen LogP contribution in [0.25, 0.3) is 0 Å². The molecule has 168 valence electrons. The molecule has 2 aliphatic heterocycles. The van der Waals surface area contributed by atoms with Crippen LogP contribution in [0.5, 0.6) is 0 Å². The van der Waals surface area contributed by atoms with Gasteiger partial charge in [-0.1, -0.05) is 36.4 Å². The van der Waals surface area contributed by atoms with Gasteiger partial charge >= 0.3 is 5.97 Å². The van der Waals surface area contributed by atoms with Crippen molar-refractivity contribution in [2.75, 3.05) is 18.4 Å². The van der Waals surface area contributed by atoms with E-state index in [9.17, 15) is 19.5 Å². The lowest BCUT2D eigenvalue weighted by molar-refractivity contribution is -0.143. The maximum absolute atomic E-state index is 13.0. The highest BCUT2D eigenvalue weighted by molar-refractivity contribution is 5.99. The summed E-state index contributed by atoms with van der Waals surface area (Å²) in [6.45, 7) is 2.03. The Morgan fingerprint density at radius 2 is 1.69 bits per heavy atom. The fraction of sp³-hybridized carbons (Fsp3) is 0.400. The van der Waals surface area contributed by atoms with Crippen LogP contribution >= 0.6 is 0 Å². The Labute approximate surface area is 188 Å². The SMILES string of the molecule is O=C(Nc1cccc(C(=O)N2CCCC[C@@H]2C(=O)O)c1)[C@H]1CCCN1Cc1ccccc1. The van der Waals surface area contributed by atoms with Crippen LogP contribution in [-0.2, 0) is 16.1 Å². The van der Waals surface area contributed by atoms with E-state index in [1.165, 1.54) is 10.5 Å². The van der Waals surface area contributed by atoms with Gasteiger partial charge in [0.15, 0.2) is 0 Å². The molecule has 2 aromatic rings. The third kappa shape index (κ3) is 4.99. The highest BCUT2D eigenvalue weighted by Gasteiger charge is 2.33. The third-order valence-corrected chi connectivity index (χ3v) is 6.32. The molecule has 7 nitrogen and oxygen atoms in total. The van der Waals surface area contributed by atoms with E-state index >= 15 is 0 Å². The van der Waals surface area contributed by atoms with Crippen molar-refractivity contribution < 1.29 is 19.5 Å². The van der Waals surface area contributed by atoms with Gasteiger partial charge in [-0.3, -0.25) is 14.5 Å². The standard InChI is InChI=1S/C25H29N3O4/c29-23(21-13-7-14-27(21)17-18-8-2-1-3-9-18)26-20-11-6-10-19(16-20)24(30)28-15-5-4-12-22(28)25(31)32/h1-3,6,8-11,16,21-22H,4-5,7,12-15,17H2,(H,26,29)(H,31,32)/t21-,22-/m1/s1. The van der Waals surface area contributed by atoms with Gasteiger partial charge in [-0.2, -0.15) is 0 Å². The number of rotatable bonds is 6. The smallest absolute Gasteiger partial charge is 0.326 e. The zero-order valence-corrected chi connectivity index (χ0v) is 18.1. The molecule has 7 heteroatoms. The number of carboxylic acids is 1. The summed E-state index contributed by atoms with van der Waals surface area (Å²) in [5.41, 5.74) is 2.12. The Kier molecular flexibility index (Phi) is 6.85. The van der Waals surface area contributed by atoms with E-state index in [1.807, 2.05) is 18.2 Å². The van der Waals surface area contributed by atoms with Gasteiger partial charge in [-0.25, -0.2) is 4.79 Å². The quantitative estimate of drug-likeness (QED) is 0.726. The number of piperidine rings is 1. The number of carboxylic acid groups (broad SMARTS) is 1. The van der Waals surface area contributed by atoms with E-state index in [-0.39, 0.29) is 17.9 Å². The summed E-state index contributed by atoms with van der Waals surface area (Å²) in [6.07, 6.45) is 3.83. The van der Waals surface area contributed by atoms with Crippen LogP contribution in [0.1, 0.15) is 48.0 Å². The van der Waals surface area contributed by atoms with Crippen molar-refractivity contribution in [3.8, 4) is 0 Å². The molecule has 2 aliphatic rings. The molecule has 0 radical (unpaired) electrons. The molecular weight excluding hydrogens is 406 g/mol. The number of carbonyl (C=O) groups is 3. The molecule has 0 aromatic heterocycles. The summed E-state index contributed by atoms with van der Waals surface area (Å²) in [4.78, 5) is 41.2. The van der Waals surface area contributed by atoms with Gasteiger partial charge in [0.05, 0.1) is 6.04 Å². The van der Waals surface area contributed by atoms with Crippen molar-refractivity contribution in [2.24, 2.45) is 0 Å². The molecule has 2 saturated heterocycles. The molecule has 4 rings (SSSR count). The minimum absolute atomic E-state index is 0.0792. The van der Waals surface area contributed by atoms with E-state index in [1.54, 1.807) is 24.3 Å². The van der Waals surface area contributed by atoms with Crippen LogP contribution in [-0.4, -0.2) is 57.9 Å². The number of nitrogens with one attached hydrogen (secondary N) is 1. The largest absolute Gasteiger partial charge is 0.480 e. The minimum Gasteiger partial charge on any atom is -0.480 e. The van der Waals surface area contributed by atoms with E-state index in [4.69, 9.17) is 0 Å². The maximum atomic E-state index is 13.0. The average molecular weight is 436 g/mol. The number of carbonyl (C=O) groups excluding carboxylic acids is 2. The molecule has 0 spiro atoms. The zero-order chi connectivity index (χ0) is 22.5. The molecule has 2 fully saturated rings. The number of hydrogen-bond acceptors (Lipinski definition) is 4. The molecule has 2 N–H and O–H groups in total. The lowest BCUT2D eigenvalue weighted by atomic mass is 10.0. The number of likely N-dealkylation sites (tertiary alicyclic amines) is 2. The number of benzene rings is 2. The molecule has 32 heavy (non-hydrogen) atoms. The first-order valence-corrected chi connectivity index (χ1v) is 11.3. The first-order valence-electron chi connectivity index (χ1n) is 11.3. The zero-order valence-electron chi connectivity index (χ0n) is 18.1. The molecule has 0 unspecified atom stereocenters. The molecule has 0 aliphatic carbocycles. The van der Waals surface area contributed by atoms with Crippen LogP contribution < -0.4 is 5.32 Å². The van der Waals surface area contributed by atoms with Crippen LogP contribution in [0.2, 0.25) is 0 Å². The van der Waals surface area contributed by atoms with Crippen LogP contribution in [0.3, 0.4) is 0 Å². The molecule has 0 saturated carbocycles. The van der Waals surface area contributed by atoms with Crippen molar-refractivity contribution in [3.05, 3.63) is 65.7 Å². The average Bonchev–Trinajstić information content (AvgIpc) is 3.27. The van der Waals surface area contributed by atoms with Gasteiger partial charge in [0.2, 0.25) is 5.91 Å². The molecular formula is C25H29N3O4. The summed E-state index contributed by atoms with van der Waals surface area (Å²) < 4.78 is 0. The van der Waals surface area contributed by atoms with Crippen molar-refractivity contribution in [3.63, 3.8) is 0 Å². The number of anilines is 1. The highest BCUT2D eigenvalue weighted by Crippen LogP contribution is 2.24. The molecule has 0 bridgehead atoms. The Morgan fingerprint density at radius 3 is 2.47 bits per heavy atom. The van der Waals surface area contributed by atoms with E-state index in [2.05, 4.69) is 22.3 Å². The second kappa shape index (κ2) is 9.96. The summed E-state index contributed by atoms with van der Waals surface area (Å²) in [7, 11) is 0.